The van der Waals surface area contributed by atoms with Gasteiger partial charge in [0.1, 0.15) is 6.10 Å². The topological polar surface area (TPSA) is 67.8 Å². The van der Waals surface area contributed by atoms with Crippen LogP contribution >= 0.6 is 12.2 Å². The second-order valence-electron chi connectivity index (χ2n) is 7.64. The third-order valence-electron chi connectivity index (χ3n) is 5.22. The normalized spacial score (nSPS) is 12.5. The van der Waals surface area contributed by atoms with Crippen molar-refractivity contribution in [2.45, 2.75) is 38.4 Å². The van der Waals surface area contributed by atoms with Crippen LogP contribution in [0.4, 0.5) is 5.69 Å². The number of rotatable bonds is 11. The average molecular weight is 464 g/mol. The zero-order chi connectivity index (χ0) is 23.5. The minimum Gasteiger partial charge on any atom is -0.479 e. The Bertz CT molecular complexity index is 1010. The maximum atomic E-state index is 11.3. The fraction of sp³-hybridized carbons (Fsp3) is 0.259. The molecule has 1 unspecified atom stereocenters. The Labute approximate surface area is 200 Å². The van der Waals surface area contributed by atoms with Gasteiger partial charge >= 0.3 is 5.97 Å². The molecule has 33 heavy (non-hydrogen) atoms. The van der Waals surface area contributed by atoms with Gasteiger partial charge in [0.05, 0.1) is 0 Å². The number of nitrogens with one attached hydrogen (secondary N) is 1. The summed E-state index contributed by atoms with van der Waals surface area (Å²) in [6.45, 7) is 2.17. The van der Waals surface area contributed by atoms with Gasteiger partial charge in [0, 0.05) is 18.7 Å². The van der Waals surface area contributed by atoms with Crippen LogP contribution in [-0.2, 0) is 27.1 Å². The molecule has 0 heterocycles. The van der Waals surface area contributed by atoms with Gasteiger partial charge in [-0.1, -0.05) is 72.8 Å². The van der Waals surface area contributed by atoms with Crippen molar-refractivity contribution in [1.82, 2.24) is 0 Å². The highest BCUT2D eigenvalue weighted by atomic mass is 32.1. The summed E-state index contributed by atoms with van der Waals surface area (Å²) in [5.41, 5.74) is 4.03. The van der Waals surface area contributed by atoms with Crippen LogP contribution in [0, 0.1) is 0 Å². The Kier molecular flexibility index (Phi) is 9.42. The molecular formula is C27H29NO4S. The third-order valence-corrected chi connectivity index (χ3v) is 5.42. The summed E-state index contributed by atoms with van der Waals surface area (Å²) >= 11 is 5.45. The molecule has 3 rings (SSSR count). The molecule has 3 aromatic rings. The van der Waals surface area contributed by atoms with Crippen molar-refractivity contribution in [2.24, 2.45) is 0 Å². The van der Waals surface area contributed by atoms with Crippen molar-refractivity contribution < 1.29 is 19.4 Å². The van der Waals surface area contributed by atoms with Gasteiger partial charge < -0.3 is 19.9 Å². The first-order valence-electron chi connectivity index (χ1n) is 11.0. The van der Waals surface area contributed by atoms with Crippen LogP contribution in [0.2, 0.25) is 0 Å². The number of hydrogen-bond donors (Lipinski definition) is 2. The number of para-hydroxylation sites is 1. The van der Waals surface area contributed by atoms with E-state index in [1.807, 2.05) is 84.9 Å². The summed E-state index contributed by atoms with van der Waals surface area (Å²) in [6.07, 6.45) is 0.871. The average Bonchev–Trinajstić information content (AvgIpc) is 2.83. The molecule has 0 spiro atoms. The molecule has 172 valence electrons. The van der Waals surface area contributed by atoms with Crippen molar-refractivity contribution >= 4 is 29.0 Å². The number of thiocarbonyl (C=S) groups is 1. The molecule has 0 saturated heterocycles. The minimum absolute atomic E-state index is 0.191. The molecule has 0 aromatic heterocycles. The van der Waals surface area contributed by atoms with Crippen LogP contribution in [0.5, 0.6) is 0 Å². The number of anilines is 1. The minimum atomic E-state index is -0.941. The highest BCUT2D eigenvalue weighted by Gasteiger charge is 2.18. The quantitative estimate of drug-likeness (QED) is 0.350. The number of benzene rings is 3. The second kappa shape index (κ2) is 12.7. The van der Waals surface area contributed by atoms with Crippen molar-refractivity contribution in [3.63, 3.8) is 0 Å². The van der Waals surface area contributed by atoms with Crippen LogP contribution in [-0.4, -0.2) is 29.0 Å². The van der Waals surface area contributed by atoms with E-state index in [4.69, 9.17) is 21.7 Å². The fourth-order valence-corrected chi connectivity index (χ4v) is 3.77. The van der Waals surface area contributed by atoms with Crippen LogP contribution in [0.3, 0.4) is 0 Å². The van der Waals surface area contributed by atoms with E-state index in [1.165, 1.54) is 0 Å². The molecule has 2 atom stereocenters. The molecule has 5 nitrogen and oxygen atoms in total. The lowest BCUT2D eigenvalue weighted by Crippen LogP contribution is -2.26. The van der Waals surface area contributed by atoms with Crippen LogP contribution < -0.4 is 5.32 Å². The van der Waals surface area contributed by atoms with Crippen LogP contribution in [0.1, 0.15) is 36.1 Å². The van der Waals surface area contributed by atoms with Gasteiger partial charge in [0.2, 0.25) is 0 Å². The first-order valence-corrected chi connectivity index (χ1v) is 11.5. The van der Waals surface area contributed by atoms with Gasteiger partial charge in [-0.3, -0.25) is 0 Å². The van der Waals surface area contributed by atoms with Crippen LogP contribution in [0.25, 0.3) is 0 Å². The van der Waals surface area contributed by atoms with Crippen molar-refractivity contribution in [3.8, 4) is 0 Å². The number of aliphatic carboxylic acids is 1. The van der Waals surface area contributed by atoms with E-state index in [9.17, 15) is 9.90 Å². The number of carboxylic acids is 1. The number of aryl methyl sites for hydroxylation is 1. The lowest BCUT2D eigenvalue weighted by Gasteiger charge is -2.21. The monoisotopic (exact) mass is 463 g/mol. The van der Waals surface area contributed by atoms with Gasteiger partial charge in [0.15, 0.2) is 6.10 Å². The second-order valence-corrected chi connectivity index (χ2v) is 8.01. The van der Waals surface area contributed by atoms with Crippen molar-refractivity contribution in [2.75, 3.05) is 11.9 Å². The Hall–Kier alpha value is -3.22. The summed E-state index contributed by atoms with van der Waals surface area (Å²) in [5.74, 6) is -0.941. The standard InChI is InChI=1S/C27H29NO4S/c1-2-31-25(26(29)30)19-21-15-13-20(14-16-21)17-18-24(22-9-5-3-6-10-22)32-27(33)28-23-11-7-4-8-12-23/h3-16,24-25H,2,17-19H2,1H3,(H,28,33)(H,29,30)/t24?,25-/m1/s1. The van der Waals surface area contributed by atoms with Gasteiger partial charge in [-0.15, -0.1) is 0 Å². The summed E-state index contributed by atoms with van der Waals surface area (Å²) in [5, 5.41) is 12.8. The predicted octanol–water partition coefficient (Wildman–Crippen LogP) is 5.81. The smallest absolute Gasteiger partial charge is 0.333 e. The van der Waals surface area contributed by atoms with E-state index >= 15 is 0 Å². The lowest BCUT2D eigenvalue weighted by atomic mass is 9.99. The van der Waals surface area contributed by atoms with E-state index in [0.717, 1.165) is 35.2 Å². The lowest BCUT2D eigenvalue weighted by molar-refractivity contribution is -0.149. The zero-order valence-corrected chi connectivity index (χ0v) is 19.5. The molecule has 0 fully saturated rings. The van der Waals surface area contributed by atoms with Gasteiger partial charge in [-0.25, -0.2) is 4.79 Å². The number of ether oxygens (including phenoxy) is 2. The summed E-state index contributed by atoms with van der Waals surface area (Å²) in [7, 11) is 0. The SMILES string of the molecule is CCO[C@H](Cc1ccc(CCC(OC(=S)Nc2ccccc2)c2ccccc2)cc1)C(=O)O. The predicted molar refractivity (Wildman–Crippen MR) is 134 cm³/mol. The summed E-state index contributed by atoms with van der Waals surface area (Å²) in [6, 6.07) is 27.7. The number of carboxylic acid groups (broad SMARTS) is 1. The van der Waals surface area contributed by atoms with E-state index in [1.54, 1.807) is 6.92 Å². The Morgan fingerprint density at radius 2 is 1.55 bits per heavy atom. The third kappa shape index (κ3) is 8.00. The molecule has 2 N–H and O–H groups in total. The van der Waals surface area contributed by atoms with E-state index in [2.05, 4.69) is 5.32 Å². The van der Waals surface area contributed by atoms with Gasteiger partial charge in [0.25, 0.3) is 5.17 Å². The Morgan fingerprint density at radius 3 is 2.15 bits per heavy atom. The number of carbonyl (C=O) groups is 1. The largest absolute Gasteiger partial charge is 0.479 e. The van der Waals surface area contributed by atoms with E-state index in [0.29, 0.717) is 18.2 Å². The van der Waals surface area contributed by atoms with Gasteiger partial charge in [-0.05, 0) is 60.8 Å². The highest BCUT2D eigenvalue weighted by molar-refractivity contribution is 7.80. The molecule has 0 amide bonds. The first-order chi connectivity index (χ1) is 16.0. The molecule has 0 aliphatic heterocycles. The molecule has 6 heteroatoms. The molecule has 3 aromatic carbocycles. The highest BCUT2D eigenvalue weighted by Crippen LogP contribution is 2.24. The molecule has 0 radical (unpaired) electrons. The molecule has 0 saturated carbocycles. The summed E-state index contributed by atoms with van der Waals surface area (Å²) in [4.78, 5) is 11.3. The van der Waals surface area contributed by atoms with Crippen molar-refractivity contribution in [1.29, 1.82) is 0 Å². The maximum Gasteiger partial charge on any atom is 0.333 e. The van der Waals surface area contributed by atoms with E-state index in [-0.39, 0.29) is 6.10 Å². The maximum absolute atomic E-state index is 11.3. The molecule has 0 bridgehead atoms. The number of hydrogen-bond acceptors (Lipinski definition) is 4. The molecular weight excluding hydrogens is 434 g/mol. The van der Waals surface area contributed by atoms with Gasteiger partial charge in [-0.2, -0.15) is 0 Å². The zero-order valence-electron chi connectivity index (χ0n) is 18.6. The fourth-order valence-electron chi connectivity index (χ4n) is 3.53. The van der Waals surface area contributed by atoms with Crippen molar-refractivity contribution in [3.05, 3.63) is 102 Å². The Morgan fingerprint density at radius 1 is 0.939 bits per heavy atom. The molecule has 0 aliphatic rings. The van der Waals surface area contributed by atoms with Crippen LogP contribution in [0.15, 0.2) is 84.9 Å². The first kappa shape index (κ1) is 24.4. The molecule has 0 aliphatic carbocycles. The van der Waals surface area contributed by atoms with E-state index < -0.39 is 12.1 Å². The summed E-state index contributed by atoms with van der Waals surface area (Å²) < 4.78 is 11.4. The Balaban J connectivity index is 1.62.